The summed E-state index contributed by atoms with van der Waals surface area (Å²) >= 11 is 1.61. The van der Waals surface area contributed by atoms with Gasteiger partial charge in [0.15, 0.2) is 11.5 Å². The van der Waals surface area contributed by atoms with Crippen molar-refractivity contribution in [2.75, 3.05) is 18.1 Å². The van der Waals surface area contributed by atoms with Crippen LogP contribution >= 0.6 is 23.7 Å². The molecule has 1 unspecified atom stereocenters. The Kier molecular flexibility index (Phi) is 5.87. The molecule has 5 nitrogen and oxygen atoms in total. The van der Waals surface area contributed by atoms with Crippen LogP contribution in [0.2, 0.25) is 0 Å². The number of ether oxygens (including phenoxy) is 2. The van der Waals surface area contributed by atoms with E-state index in [2.05, 4.69) is 0 Å². The molecule has 3 rings (SSSR count). The maximum atomic E-state index is 12.5. The first-order valence-electron chi connectivity index (χ1n) is 7.14. The number of hydrogen-bond acceptors (Lipinski definition) is 5. The zero-order valence-electron chi connectivity index (χ0n) is 12.7. The van der Waals surface area contributed by atoms with Crippen LogP contribution < -0.4 is 20.1 Å². The normalized spacial score (nSPS) is 13.8. The number of fused-ring (bicyclic) bond motifs is 1. The molecule has 0 fully saturated rings. The standard InChI is InChI=1S/C16H18N2O3S.ClH/c1-11(17)16(19)18(10-13-3-2-8-22-13)12-4-5-14-15(9-12)21-7-6-20-14;/h2-5,8-9,11H,6-7,10,17H2,1H3;1H. The minimum atomic E-state index is -0.562. The number of hydrogen-bond donors (Lipinski definition) is 1. The molecule has 0 radical (unpaired) electrons. The van der Waals surface area contributed by atoms with E-state index in [1.807, 2.05) is 35.7 Å². The van der Waals surface area contributed by atoms with Crippen LogP contribution in [0.4, 0.5) is 5.69 Å². The van der Waals surface area contributed by atoms with E-state index in [0.29, 0.717) is 31.3 Å². The lowest BCUT2D eigenvalue weighted by molar-refractivity contribution is -0.119. The largest absolute Gasteiger partial charge is 0.486 e. The Morgan fingerprint density at radius 2 is 2.04 bits per heavy atom. The van der Waals surface area contributed by atoms with Crippen molar-refractivity contribution < 1.29 is 14.3 Å². The number of benzene rings is 1. The summed E-state index contributed by atoms with van der Waals surface area (Å²) in [6.07, 6.45) is 0. The smallest absolute Gasteiger partial charge is 0.243 e. The Labute approximate surface area is 145 Å². The van der Waals surface area contributed by atoms with E-state index in [9.17, 15) is 4.79 Å². The van der Waals surface area contributed by atoms with E-state index < -0.39 is 6.04 Å². The number of nitrogens with zero attached hydrogens (tertiary/aromatic N) is 1. The van der Waals surface area contributed by atoms with Gasteiger partial charge in [-0.05, 0) is 30.5 Å². The van der Waals surface area contributed by atoms with Crippen LogP contribution in [0.1, 0.15) is 11.8 Å². The van der Waals surface area contributed by atoms with Crippen LogP contribution in [0.25, 0.3) is 0 Å². The van der Waals surface area contributed by atoms with Crippen molar-refractivity contribution in [3.8, 4) is 11.5 Å². The molecule has 1 aromatic heterocycles. The van der Waals surface area contributed by atoms with Gasteiger partial charge in [0, 0.05) is 16.6 Å². The molecule has 7 heteroatoms. The van der Waals surface area contributed by atoms with Crippen LogP contribution in [0, 0.1) is 0 Å². The SMILES string of the molecule is CC(N)C(=O)N(Cc1cccs1)c1ccc2c(c1)OCCO2.Cl. The molecular weight excluding hydrogens is 336 g/mol. The van der Waals surface area contributed by atoms with Gasteiger partial charge in [-0.15, -0.1) is 23.7 Å². The van der Waals surface area contributed by atoms with Gasteiger partial charge in [-0.3, -0.25) is 4.79 Å². The molecule has 124 valence electrons. The third-order valence-electron chi connectivity index (χ3n) is 3.39. The number of carbonyl (C=O) groups excluding carboxylic acids is 1. The summed E-state index contributed by atoms with van der Waals surface area (Å²) in [5.41, 5.74) is 6.56. The van der Waals surface area contributed by atoms with E-state index in [4.69, 9.17) is 15.2 Å². The average Bonchev–Trinajstić information content (AvgIpc) is 3.04. The van der Waals surface area contributed by atoms with Gasteiger partial charge in [0.2, 0.25) is 5.91 Å². The number of thiophene rings is 1. The highest BCUT2D eigenvalue weighted by Gasteiger charge is 2.22. The zero-order chi connectivity index (χ0) is 15.5. The van der Waals surface area contributed by atoms with Crippen LogP contribution in [-0.4, -0.2) is 25.2 Å². The van der Waals surface area contributed by atoms with Gasteiger partial charge in [0.25, 0.3) is 0 Å². The van der Waals surface area contributed by atoms with E-state index in [0.717, 1.165) is 10.6 Å². The third kappa shape index (κ3) is 3.96. The molecule has 23 heavy (non-hydrogen) atoms. The van der Waals surface area contributed by atoms with Crippen LogP contribution in [0.3, 0.4) is 0 Å². The molecular formula is C16H19ClN2O3S. The van der Waals surface area contributed by atoms with E-state index in [1.165, 1.54) is 0 Å². The molecule has 1 atom stereocenters. The molecule has 1 aromatic carbocycles. The van der Waals surface area contributed by atoms with E-state index in [1.54, 1.807) is 23.2 Å². The maximum absolute atomic E-state index is 12.5. The van der Waals surface area contributed by atoms with Gasteiger partial charge in [-0.1, -0.05) is 6.07 Å². The van der Waals surface area contributed by atoms with Gasteiger partial charge in [-0.25, -0.2) is 0 Å². The predicted molar refractivity (Wildman–Crippen MR) is 93.8 cm³/mol. The molecule has 0 saturated heterocycles. The summed E-state index contributed by atoms with van der Waals surface area (Å²) in [7, 11) is 0. The molecule has 0 spiro atoms. The molecule has 2 aromatic rings. The minimum Gasteiger partial charge on any atom is -0.486 e. The molecule has 2 N–H and O–H groups in total. The average molecular weight is 355 g/mol. The summed E-state index contributed by atoms with van der Waals surface area (Å²) in [4.78, 5) is 15.3. The fraction of sp³-hybridized carbons (Fsp3) is 0.312. The van der Waals surface area contributed by atoms with Crippen molar-refractivity contribution in [2.24, 2.45) is 5.73 Å². The van der Waals surface area contributed by atoms with Crippen LogP contribution in [-0.2, 0) is 11.3 Å². The Balaban J connectivity index is 0.00000192. The molecule has 1 aliphatic heterocycles. The number of rotatable bonds is 4. The molecule has 0 aliphatic carbocycles. The molecule has 0 bridgehead atoms. The van der Waals surface area contributed by atoms with Crippen molar-refractivity contribution in [1.29, 1.82) is 0 Å². The van der Waals surface area contributed by atoms with Gasteiger partial charge in [0.05, 0.1) is 12.6 Å². The van der Waals surface area contributed by atoms with Crippen molar-refractivity contribution in [1.82, 2.24) is 0 Å². The van der Waals surface area contributed by atoms with Crippen molar-refractivity contribution in [2.45, 2.75) is 19.5 Å². The minimum absolute atomic E-state index is 0. The zero-order valence-corrected chi connectivity index (χ0v) is 14.4. The van der Waals surface area contributed by atoms with Gasteiger partial charge >= 0.3 is 0 Å². The molecule has 0 saturated carbocycles. The predicted octanol–water partition coefficient (Wildman–Crippen LogP) is 2.82. The lowest BCUT2D eigenvalue weighted by Gasteiger charge is -2.26. The summed E-state index contributed by atoms with van der Waals surface area (Å²) in [5.74, 6) is 1.25. The van der Waals surface area contributed by atoms with Gasteiger partial charge < -0.3 is 20.1 Å². The molecule has 1 aliphatic rings. The summed E-state index contributed by atoms with van der Waals surface area (Å²) < 4.78 is 11.1. The summed E-state index contributed by atoms with van der Waals surface area (Å²) in [6, 6.07) is 8.94. The maximum Gasteiger partial charge on any atom is 0.243 e. The summed E-state index contributed by atoms with van der Waals surface area (Å²) in [5, 5.41) is 1.99. The van der Waals surface area contributed by atoms with Crippen molar-refractivity contribution >= 4 is 35.3 Å². The molecule has 1 amide bonds. The lowest BCUT2D eigenvalue weighted by Crippen LogP contribution is -2.41. The first-order chi connectivity index (χ1) is 10.6. The molecule has 2 heterocycles. The Bertz CT molecular complexity index is 661. The Morgan fingerprint density at radius 1 is 1.30 bits per heavy atom. The fourth-order valence-electron chi connectivity index (χ4n) is 2.30. The highest BCUT2D eigenvalue weighted by Crippen LogP contribution is 2.34. The number of halogens is 1. The van der Waals surface area contributed by atoms with E-state index >= 15 is 0 Å². The number of anilines is 1. The number of nitrogens with two attached hydrogens (primary N) is 1. The van der Waals surface area contributed by atoms with E-state index in [-0.39, 0.29) is 18.3 Å². The number of carbonyl (C=O) groups is 1. The summed E-state index contributed by atoms with van der Waals surface area (Å²) in [6.45, 7) is 3.26. The fourth-order valence-corrected chi connectivity index (χ4v) is 2.99. The second-order valence-corrected chi connectivity index (χ2v) is 6.15. The lowest BCUT2D eigenvalue weighted by atomic mass is 10.2. The van der Waals surface area contributed by atoms with Crippen molar-refractivity contribution in [3.63, 3.8) is 0 Å². The topological polar surface area (TPSA) is 64.8 Å². The first-order valence-corrected chi connectivity index (χ1v) is 8.02. The monoisotopic (exact) mass is 354 g/mol. The Morgan fingerprint density at radius 3 is 2.70 bits per heavy atom. The third-order valence-corrected chi connectivity index (χ3v) is 4.25. The van der Waals surface area contributed by atoms with Crippen molar-refractivity contribution in [3.05, 3.63) is 40.6 Å². The van der Waals surface area contributed by atoms with Crippen LogP contribution in [0.15, 0.2) is 35.7 Å². The highest BCUT2D eigenvalue weighted by atomic mass is 35.5. The highest BCUT2D eigenvalue weighted by molar-refractivity contribution is 7.09. The second kappa shape index (κ2) is 7.68. The first kappa shape index (κ1) is 17.6. The van der Waals surface area contributed by atoms with Crippen LogP contribution in [0.5, 0.6) is 11.5 Å². The second-order valence-electron chi connectivity index (χ2n) is 5.12. The number of amides is 1. The van der Waals surface area contributed by atoms with Gasteiger partial charge in [-0.2, -0.15) is 0 Å². The van der Waals surface area contributed by atoms with Gasteiger partial charge in [0.1, 0.15) is 13.2 Å². The quantitative estimate of drug-likeness (QED) is 0.917. The Hall–Kier alpha value is -1.76.